The fourth-order valence-electron chi connectivity index (χ4n) is 3.57. The van der Waals surface area contributed by atoms with Gasteiger partial charge in [0.15, 0.2) is 0 Å². The SMILES string of the molecule is CS(=O)(=O)N1C[C@@H]2C(c3ccccc3)[C@H](C1)N2CC(F)(F)F. The van der Waals surface area contributed by atoms with Crippen LogP contribution in [0, 0.1) is 0 Å². The highest BCUT2D eigenvalue weighted by atomic mass is 32.2. The van der Waals surface area contributed by atoms with Gasteiger partial charge in [-0.25, -0.2) is 8.42 Å². The maximum atomic E-state index is 12.7. The number of benzene rings is 1. The Labute approximate surface area is 127 Å². The van der Waals surface area contributed by atoms with Gasteiger partial charge in [-0.05, 0) is 5.56 Å². The molecule has 8 heteroatoms. The summed E-state index contributed by atoms with van der Waals surface area (Å²) >= 11 is 0. The number of hydrogen-bond acceptors (Lipinski definition) is 3. The van der Waals surface area contributed by atoms with Gasteiger partial charge in [0.25, 0.3) is 0 Å². The van der Waals surface area contributed by atoms with Gasteiger partial charge in [-0.15, -0.1) is 0 Å². The first kappa shape index (κ1) is 15.8. The van der Waals surface area contributed by atoms with Crippen LogP contribution in [0.15, 0.2) is 30.3 Å². The third-order valence-electron chi connectivity index (χ3n) is 4.48. The van der Waals surface area contributed by atoms with E-state index in [0.717, 1.165) is 11.8 Å². The van der Waals surface area contributed by atoms with Gasteiger partial charge in [0.1, 0.15) is 0 Å². The van der Waals surface area contributed by atoms with Crippen molar-refractivity contribution in [2.24, 2.45) is 0 Å². The Balaban J connectivity index is 1.85. The molecule has 3 heterocycles. The van der Waals surface area contributed by atoms with E-state index in [0.29, 0.717) is 0 Å². The van der Waals surface area contributed by atoms with Crippen LogP contribution < -0.4 is 0 Å². The first-order valence-corrected chi connectivity index (χ1v) is 8.84. The molecule has 2 bridgehead atoms. The molecule has 0 aromatic heterocycles. The van der Waals surface area contributed by atoms with E-state index < -0.39 is 34.8 Å². The summed E-state index contributed by atoms with van der Waals surface area (Å²) in [6.07, 6.45) is -3.17. The van der Waals surface area contributed by atoms with Crippen molar-refractivity contribution in [2.75, 3.05) is 25.9 Å². The number of fused-ring (bicyclic) bond motifs is 2. The molecule has 0 saturated carbocycles. The van der Waals surface area contributed by atoms with E-state index >= 15 is 0 Å². The highest BCUT2D eigenvalue weighted by Crippen LogP contribution is 2.46. The number of halogens is 3. The summed E-state index contributed by atoms with van der Waals surface area (Å²) in [6, 6.07) is 8.51. The molecule has 1 aromatic rings. The van der Waals surface area contributed by atoms with Crippen LogP contribution >= 0.6 is 0 Å². The molecule has 0 spiro atoms. The van der Waals surface area contributed by atoms with Gasteiger partial charge in [0, 0.05) is 31.1 Å². The van der Waals surface area contributed by atoms with Crippen molar-refractivity contribution >= 4 is 10.0 Å². The second kappa shape index (κ2) is 5.21. The number of hydrogen-bond donors (Lipinski definition) is 0. The van der Waals surface area contributed by atoms with E-state index in [1.807, 2.05) is 30.3 Å². The molecular formula is C14H17F3N2O2S. The Bertz CT molecular complexity index is 634. The van der Waals surface area contributed by atoms with Crippen molar-refractivity contribution in [3.05, 3.63) is 35.9 Å². The normalized spacial score (nSPS) is 30.1. The molecule has 0 aliphatic carbocycles. The summed E-state index contributed by atoms with van der Waals surface area (Å²) in [5.41, 5.74) is 0.976. The fraction of sp³-hybridized carbons (Fsp3) is 0.571. The fourth-order valence-corrected chi connectivity index (χ4v) is 4.42. The van der Waals surface area contributed by atoms with Crippen LogP contribution in [0.2, 0.25) is 0 Å². The molecule has 3 aliphatic rings. The van der Waals surface area contributed by atoms with Crippen molar-refractivity contribution < 1.29 is 21.6 Å². The van der Waals surface area contributed by atoms with Gasteiger partial charge in [-0.2, -0.15) is 17.5 Å². The van der Waals surface area contributed by atoms with E-state index in [2.05, 4.69) is 0 Å². The van der Waals surface area contributed by atoms with Crippen molar-refractivity contribution in [3.63, 3.8) is 0 Å². The minimum Gasteiger partial charge on any atom is -0.285 e. The van der Waals surface area contributed by atoms with E-state index in [-0.39, 0.29) is 19.0 Å². The van der Waals surface area contributed by atoms with Crippen LogP contribution in [0.4, 0.5) is 13.2 Å². The number of rotatable bonds is 3. The highest BCUT2D eigenvalue weighted by molar-refractivity contribution is 7.88. The first-order chi connectivity index (χ1) is 10.2. The van der Waals surface area contributed by atoms with Crippen LogP contribution in [0.1, 0.15) is 11.5 Å². The average Bonchev–Trinajstić information content (AvgIpc) is 2.43. The van der Waals surface area contributed by atoms with E-state index in [9.17, 15) is 21.6 Å². The first-order valence-electron chi connectivity index (χ1n) is 6.99. The number of alkyl halides is 3. The Morgan fingerprint density at radius 3 is 2.14 bits per heavy atom. The van der Waals surface area contributed by atoms with Crippen molar-refractivity contribution in [3.8, 4) is 0 Å². The minimum absolute atomic E-state index is 0.0402. The van der Waals surface area contributed by atoms with Gasteiger partial charge < -0.3 is 0 Å². The van der Waals surface area contributed by atoms with Crippen molar-refractivity contribution in [2.45, 2.75) is 24.2 Å². The summed E-state index contributed by atoms with van der Waals surface area (Å²) in [7, 11) is -3.38. The quantitative estimate of drug-likeness (QED) is 0.844. The molecular weight excluding hydrogens is 317 g/mol. The van der Waals surface area contributed by atoms with Crippen LogP contribution in [-0.4, -0.2) is 61.8 Å². The second-order valence-electron chi connectivity index (χ2n) is 5.94. The number of piperidine rings is 1. The summed E-state index contributed by atoms with van der Waals surface area (Å²) in [6.45, 7) is -0.751. The van der Waals surface area contributed by atoms with Gasteiger partial charge >= 0.3 is 6.18 Å². The van der Waals surface area contributed by atoms with Crippen molar-refractivity contribution in [1.29, 1.82) is 0 Å². The molecule has 3 atom stereocenters. The molecule has 4 rings (SSSR count). The predicted octanol–water partition coefficient (Wildman–Crippen LogP) is 1.66. The topological polar surface area (TPSA) is 40.6 Å². The summed E-state index contributed by atoms with van der Waals surface area (Å²) in [5.74, 6) is -0.0402. The lowest BCUT2D eigenvalue weighted by Gasteiger charge is -2.61. The molecule has 122 valence electrons. The lowest BCUT2D eigenvalue weighted by molar-refractivity contribution is -0.189. The maximum Gasteiger partial charge on any atom is 0.401 e. The third kappa shape index (κ3) is 2.87. The molecule has 0 radical (unpaired) electrons. The van der Waals surface area contributed by atoms with Crippen LogP contribution in [0.3, 0.4) is 0 Å². The summed E-state index contributed by atoms with van der Waals surface area (Å²) < 4.78 is 62.8. The average molecular weight is 334 g/mol. The summed E-state index contributed by atoms with van der Waals surface area (Å²) in [5, 5.41) is 0. The number of piperazine rings is 1. The van der Waals surface area contributed by atoms with Gasteiger partial charge in [-0.3, -0.25) is 4.90 Å². The lowest BCUT2D eigenvalue weighted by Crippen LogP contribution is -2.74. The van der Waals surface area contributed by atoms with Gasteiger partial charge in [0.2, 0.25) is 10.0 Å². The number of nitrogens with zero attached hydrogens (tertiary/aromatic N) is 2. The lowest BCUT2D eigenvalue weighted by atomic mass is 9.72. The monoisotopic (exact) mass is 334 g/mol. The van der Waals surface area contributed by atoms with E-state index in [4.69, 9.17) is 0 Å². The van der Waals surface area contributed by atoms with Gasteiger partial charge in [-0.1, -0.05) is 30.3 Å². The molecule has 22 heavy (non-hydrogen) atoms. The molecule has 3 saturated heterocycles. The van der Waals surface area contributed by atoms with Gasteiger partial charge in [0.05, 0.1) is 12.8 Å². The largest absolute Gasteiger partial charge is 0.401 e. The Morgan fingerprint density at radius 1 is 1.14 bits per heavy atom. The Kier molecular flexibility index (Phi) is 3.73. The molecule has 0 N–H and O–H groups in total. The molecule has 1 aromatic carbocycles. The van der Waals surface area contributed by atoms with Crippen LogP contribution in [0.5, 0.6) is 0 Å². The van der Waals surface area contributed by atoms with Crippen molar-refractivity contribution in [1.82, 2.24) is 9.21 Å². The Hall–Kier alpha value is -1.12. The zero-order valence-corrected chi connectivity index (χ0v) is 12.8. The third-order valence-corrected chi connectivity index (χ3v) is 5.71. The molecule has 4 nitrogen and oxygen atoms in total. The smallest absolute Gasteiger partial charge is 0.285 e. The minimum atomic E-state index is -4.27. The van der Waals surface area contributed by atoms with Crippen LogP contribution in [-0.2, 0) is 10.0 Å². The predicted molar refractivity (Wildman–Crippen MR) is 75.9 cm³/mol. The molecule has 1 unspecified atom stereocenters. The second-order valence-corrected chi connectivity index (χ2v) is 7.92. The molecule has 3 aliphatic heterocycles. The van der Waals surface area contributed by atoms with Crippen LogP contribution in [0.25, 0.3) is 0 Å². The van der Waals surface area contributed by atoms with E-state index in [1.165, 1.54) is 9.21 Å². The zero-order valence-electron chi connectivity index (χ0n) is 12.0. The molecule has 0 amide bonds. The maximum absolute atomic E-state index is 12.7. The Morgan fingerprint density at radius 2 is 1.68 bits per heavy atom. The molecule has 3 fully saturated rings. The zero-order chi connectivity index (χ0) is 16.1. The van der Waals surface area contributed by atoms with E-state index in [1.54, 1.807) is 0 Å². The number of sulfonamides is 1. The summed E-state index contributed by atoms with van der Waals surface area (Å²) in [4.78, 5) is 1.39. The standard InChI is InChI=1S/C14H17F3N2O2S/c1-22(20,21)18-7-11-13(10-5-3-2-4-6-10)12(8-18)19(11)9-14(15,16)17/h2-6,11-13H,7-9H2,1H3/t11-,12+,13?. The highest BCUT2D eigenvalue weighted by Gasteiger charge is 2.57.